The van der Waals surface area contributed by atoms with Crippen LogP contribution < -0.4 is 10.2 Å². The van der Waals surface area contributed by atoms with Crippen molar-refractivity contribution in [3.8, 4) is 17.1 Å². The first kappa shape index (κ1) is 20.5. The fourth-order valence-electron chi connectivity index (χ4n) is 2.31. The first-order chi connectivity index (χ1) is 13.8. The van der Waals surface area contributed by atoms with E-state index in [9.17, 15) is 18.0 Å². The molecule has 0 bridgehead atoms. The minimum absolute atomic E-state index is 0.245. The molecule has 2 aromatic carbocycles. The molecule has 0 saturated heterocycles. The van der Waals surface area contributed by atoms with Gasteiger partial charge in [0.15, 0.2) is 6.61 Å². The van der Waals surface area contributed by atoms with E-state index in [4.69, 9.17) is 20.8 Å². The molecule has 29 heavy (non-hydrogen) atoms. The number of hydrogen-bond donors (Lipinski definition) is 1. The Morgan fingerprint density at radius 1 is 1.14 bits per heavy atom. The molecular formula is C20H14ClF3N2O3. The lowest BCUT2D eigenvalue weighted by Gasteiger charge is -2.07. The summed E-state index contributed by atoms with van der Waals surface area (Å²) in [4.78, 5) is 11.7. The first-order valence-corrected chi connectivity index (χ1v) is 8.67. The van der Waals surface area contributed by atoms with Crippen LogP contribution in [-0.4, -0.2) is 18.7 Å². The fraction of sp³-hybridized carbons (Fsp3) is 0.100. The second-order valence-electron chi connectivity index (χ2n) is 5.82. The summed E-state index contributed by atoms with van der Waals surface area (Å²) in [7, 11) is 0. The van der Waals surface area contributed by atoms with Crippen molar-refractivity contribution in [1.29, 1.82) is 0 Å². The van der Waals surface area contributed by atoms with Crippen molar-refractivity contribution in [3.05, 3.63) is 77.0 Å². The number of halogens is 4. The molecule has 3 rings (SSSR count). The van der Waals surface area contributed by atoms with Gasteiger partial charge in [0.2, 0.25) is 0 Å². The summed E-state index contributed by atoms with van der Waals surface area (Å²) in [5, 5.41) is 4.28. The van der Waals surface area contributed by atoms with E-state index in [-0.39, 0.29) is 23.7 Å². The Morgan fingerprint density at radius 3 is 2.62 bits per heavy atom. The second kappa shape index (κ2) is 8.83. The molecule has 1 heterocycles. The fourth-order valence-corrected chi connectivity index (χ4v) is 2.43. The lowest BCUT2D eigenvalue weighted by Crippen LogP contribution is -2.24. The summed E-state index contributed by atoms with van der Waals surface area (Å²) in [6.45, 7) is -0.257. The third-order valence-corrected chi connectivity index (χ3v) is 3.92. The highest BCUT2D eigenvalue weighted by Gasteiger charge is 2.30. The van der Waals surface area contributed by atoms with E-state index in [1.54, 1.807) is 24.3 Å². The molecule has 1 N–H and O–H groups in total. The topological polar surface area (TPSA) is 63.8 Å². The molecule has 0 saturated carbocycles. The van der Waals surface area contributed by atoms with Gasteiger partial charge in [0, 0.05) is 10.6 Å². The van der Waals surface area contributed by atoms with E-state index in [1.165, 1.54) is 30.5 Å². The highest BCUT2D eigenvalue weighted by Crippen LogP contribution is 2.32. The molecule has 1 amide bonds. The Hall–Kier alpha value is -3.26. The highest BCUT2D eigenvalue weighted by molar-refractivity contribution is 6.30. The van der Waals surface area contributed by atoms with Gasteiger partial charge in [0.25, 0.3) is 5.91 Å². The maximum absolute atomic E-state index is 12.8. The largest absolute Gasteiger partial charge is 0.484 e. The zero-order chi connectivity index (χ0) is 20.9. The number of amides is 1. The average Bonchev–Trinajstić information content (AvgIpc) is 3.16. The monoisotopic (exact) mass is 422 g/mol. The Bertz CT molecular complexity index is 1010. The Morgan fingerprint density at radius 2 is 1.90 bits per heavy atom. The normalized spacial score (nSPS) is 11.6. The first-order valence-electron chi connectivity index (χ1n) is 8.29. The molecular weight excluding hydrogens is 409 g/mol. The van der Waals surface area contributed by atoms with Gasteiger partial charge in [-0.05, 0) is 48.5 Å². The number of hydrazone groups is 1. The molecule has 0 radical (unpaired) electrons. The van der Waals surface area contributed by atoms with Gasteiger partial charge in [-0.15, -0.1) is 0 Å². The predicted octanol–water partition coefficient (Wildman–Crippen LogP) is 5.15. The van der Waals surface area contributed by atoms with Crippen LogP contribution in [0.3, 0.4) is 0 Å². The molecule has 0 spiro atoms. The average molecular weight is 423 g/mol. The van der Waals surface area contributed by atoms with Crippen molar-refractivity contribution >= 4 is 23.7 Å². The van der Waals surface area contributed by atoms with E-state index in [1.807, 2.05) is 0 Å². The number of benzene rings is 2. The van der Waals surface area contributed by atoms with Crippen LogP contribution in [0.1, 0.15) is 11.3 Å². The minimum atomic E-state index is -4.44. The van der Waals surface area contributed by atoms with E-state index in [0.717, 1.165) is 12.1 Å². The van der Waals surface area contributed by atoms with Crippen molar-refractivity contribution in [3.63, 3.8) is 0 Å². The van der Waals surface area contributed by atoms with Crippen LogP contribution in [-0.2, 0) is 11.0 Å². The maximum atomic E-state index is 12.8. The molecule has 1 aromatic heterocycles. The molecule has 0 fully saturated rings. The maximum Gasteiger partial charge on any atom is 0.416 e. The highest BCUT2D eigenvalue weighted by atomic mass is 35.5. The summed E-state index contributed by atoms with van der Waals surface area (Å²) in [6, 6.07) is 14.3. The van der Waals surface area contributed by atoms with Gasteiger partial charge in [0.1, 0.15) is 17.3 Å². The number of nitrogens with zero attached hydrogens (tertiary/aromatic N) is 1. The molecule has 3 aromatic rings. The summed E-state index contributed by atoms with van der Waals surface area (Å²) < 4.78 is 49.1. The summed E-state index contributed by atoms with van der Waals surface area (Å²) in [6.07, 6.45) is -3.21. The smallest absolute Gasteiger partial charge is 0.416 e. The Kier molecular flexibility index (Phi) is 6.23. The molecule has 5 nitrogen and oxygen atoms in total. The molecule has 9 heteroatoms. The van der Waals surface area contributed by atoms with Crippen molar-refractivity contribution in [2.45, 2.75) is 6.18 Å². The molecule has 0 atom stereocenters. The summed E-state index contributed by atoms with van der Waals surface area (Å²) >= 11 is 5.76. The SMILES string of the molecule is O=C(COc1ccc(Cl)cc1)N/N=C\c1ccc(-c2cccc(C(F)(F)F)c2)o1. The van der Waals surface area contributed by atoms with Crippen LogP contribution in [0.5, 0.6) is 5.75 Å². The van der Waals surface area contributed by atoms with Crippen LogP contribution in [0.4, 0.5) is 13.2 Å². The van der Waals surface area contributed by atoms with Crippen molar-refractivity contribution < 1.29 is 27.1 Å². The zero-order valence-corrected chi connectivity index (χ0v) is 15.5. The molecule has 0 unspecified atom stereocenters. The quantitative estimate of drug-likeness (QED) is 0.441. The number of ether oxygens (including phenoxy) is 1. The summed E-state index contributed by atoms with van der Waals surface area (Å²) in [5.41, 5.74) is 1.77. The van der Waals surface area contributed by atoms with Crippen LogP contribution in [0.25, 0.3) is 11.3 Å². The van der Waals surface area contributed by atoms with Crippen molar-refractivity contribution in [1.82, 2.24) is 5.43 Å². The van der Waals surface area contributed by atoms with E-state index in [2.05, 4.69) is 10.5 Å². The van der Waals surface area contributed by atoms with E-state index in [0.29, 0.717) is 10.8 Å². The van der Waals surface area contributed by atoms with Gasteiger partial charge in [-0.25, -0.2) is 5.43 Å². The minimum Gasteiger partial charge on any atom is -0.484 e. The third kappa shape index (κ3) is 5.86. The number of nitrogens with one attached hydrogen (secondary N) is 1. The van der Waals surface area contributed by atoms with Crippen LogP contribution >= 0.6 is 11.6 Å². The van der Waals surface area contributed by atoms with Crippen molar-refractivity contribution in [2.24, 2.45) is 5.10 Å². The van der Waals surface area contributed by atoms with Gasteiger partial charge in [-0.1, -0.05) is 23.7 Å². The molecule has 0 aliphatic heterocycles. The lowest BCUT2D eigenvalue weighted by atomic mass is 10.1. The third-order valence-electron chi connectivity index (χ3n) is 3.67. The molecule has 150 valence electrons. The number of alkyl halides is 3. The van der Waals surface area contributed by atoms with Gasteiger partial charge < -0.3 is 9.15 Å². The lowest BCUT2D eigenvalue weighted by molar-refractivity contribution is -0.137. The molecule has 0 aliphatic rings. The number of carbonyl (C=O) groups is 1. The van der Waals surface area contributed by atoms with Gasteiger partial charge in [-0.2, -0.15) is 18.3 Å². The molecule has 0 aliphatic carbocycles. The van der Waals surface area contributed by atoms with Gasteiger partial charge >= 0.3 is 6.18 Å². The summed E-state index contributed by atoms with van der Waals surface area (Å²) in [5.74, 6) is 0.484. The van der Waals surface area contributed by atoms with E-state index >= 15 is 0 Å². The number of rotatable bonds is 6. The van der Waals surface area contributed by atoms with Crippen LogP contribution in [0, 0.1) is 0 Å². The van der Waals surface area contributed by atoms with Crippen molar-refractivity contribution in [2.75, 3.05) is 6.61 Å². The zero-order valence-electron chi connectivity index (χ0n) is 14.7. The predicted molar refractivity (Wildman–Crippen MR) is 102 cm³/mol. The van der Waals surface area contributed by atoms with Crippen LogP contribution in [0.15, 0.2) is 70.2 Å². The second-order valence-corrected chi connectivity index (χ2v) is 6.25. The van der Waals surface area contributed by atoms with Gasteiger partial charge in [0.05, 0.1) is 11.8 Å². The number of carbonyl (C=O) groups excluding carboxylic acids is 1. The van der Waals surface area contributed by atoms with Crippen LogP contribution in [0.2, 0.25) is 5.02 Å². The van der Waals surface area contributed by atoms with E-state index < -0.39 is 17.6 Å². The van der Waals surface area contributed by atoms with Gasteiger partial charge in [-0.3, -0.25) is 4.79 Å². The Balaban J connectivity index is 1.55. The number of furan rings is 1. The Labute approximate surface area is 168 Å². The number of hydrogen-bond acceptors (Lipinski definition) is 4. The standard InChI is InChI=1S/C20H14ClF3N2O3/c21-15-4-6-16(7-5-15)28-12-19(27)26-25-11-17-8-9-18(29-17)13-2-1-3-14(10-13)20(22,23)24/h1-11H,12H2,(H,26,27)/b25-11-.